The smallest absolute Gasteiger partial charge is 0.272 e. The van der Waals surface area contributed by atoms with Gasteiger partial charge in [0.2, 0.25) is 0 Å². The van der Waals surface area contributed by atoms with E-state index < -0.39 is 0 Å². The first-order valence-electron chi connectivity index (χ1n) is 6.88. The lowest BCUT2D eigenvalue weighted by Crippen LogP contribution is -2.16. The molecule has 1 rings (SSSR count). The molecule has 0 atom stereocenters. The maximum Gasteiger partial charge on any atom is 0.272 e. The summed E-state index contributed by atoms with van der Waals surface area (Å²) >= 11 is 0. The van der Waals surface area contributed by atoms with Crippen LogP contribution in [0.5, 0.6) is 0 Å². The van der Waals surface area contributed by atoms with E-state index >= 15 is 0 Å². The predicted molar refractivity (Wildman–Crippen MR) is 67.4 cm³/mol. The lowest BCUT2D eigenvalue weighted by Gasteiger charge is -2.22. The Morgan fingerprint density at radius 3 is 2.62 bits per heavy atom. The number of aliphatic hydroxyl groups excluding tert-OH is 1. The van der Waals surface area contributed by atoms with Crippen LogP contribution in [-0.4, -0.2) is 11.2 Å². The van der Waals surface area contributed by atoms with E-state index in [9.17, 15) is 5.11 Å². The molecule has 0 bridgehead atoms. The number of allylic oxidation sites excluding steroid dienone is 1. The molecule has 0 aromatic heterocycles. The lowest BCUT2D eigenvalue weighted by atomic mass is 9.98. The summed E-state index contributed by atoms with van der Waals surface area (Å²) in [5, 5.41) is 9.60. The van der Waals surface area contributed by atoms with Crippen molar-refractivity contribution in [2.24, 2.45) is 0 Å². The van der Waals surface area contributed by atoms with Crippen LogP contribution in [0.2, 0.25) is 0 Å². The normalized spacial score (nSPS) is 18.7. The molecule has 0 aliphatic heterocycles. The number of hydrogen-bond donors (Lipinski definition) is 1. The summed E-state index contributed by atoms with van der Waals surface area (Å²) in [7, 11) is 0. The van der Waals surface area contributed by atoms with Crippen LogP contribution >= 0.6 is 0 Å². The minimum Gasteiger partial charge on any atom is -0.481 e. The fourth-order valence-corrected chi connectivity index (χ4v) is 2.20. The van der Waals surface area contributed by atoms with E-state index in [1.54, 1.807) is 0 Å². The zero-order valence-electron chi connectivity index (χ0n) is 10.6. The summed E-state index contributed by atoms with van der Waals surface area (Å²) in [6.07, 6.45) is 14.0. The third-order valence-corrected chi connectivity index (χ3v) is 3.22. The van der Waals surface area contributed by atoms with Crippen molar-refractivity contribution in [2.75, 3.05) is 0 Å². The number of hydrogen-bond acceptors (Lipinski definition) is 2. The van der Waals surface area contributed by atoms with Crippen LogP contribution in [0, 0.1) is 0 Å². The van der Waals surface area contributed by atoms with Gasteiger partial charge in [-0.2, -0.15) is 0 Å². The van der Waals surface area contributed by atoms with Gasteiger partial charge in [0.05, 0.1) is 0 Å². The van der Waals surface area contributed by atoms with Gasteiger partial charge in [0.1, 0.15) is 6.10 Å². The first kappa shape index (κ1) is 13.4. The second-order valence-corrected chi connectivity index (χ2v) is 4.77. The second-order valence-electron chi connectivity index (χ2n) is 4.77. The monoisotopic (exact) mass is 226 g/mol. The lowest BCUT2D eigenvalue weighted by molar-refractivity contribution is 0.0118. The molecule has 0 unspecified atom stereocenters. The number of rotatable bonds is 7. The first-order chi connectivity index (χ1) is 7.83. The molecule has 94 valence electrons. The van der Waals surface area contributed by atoms with E-state index in [-0.39, 0.29) is 12.0 Å². The fraction of sp³-hybridized carbons (Fsp3) is 0.857. The Balaban J connectivity index is 2.07. The Morgan fingerprint density at radius 2 is 1.94 bits per heavy atom. The average molecular weight is 226 g/mol. The van der Waals surface area contributed by atoms with Gasteiger partial charge in [0.25, 0.3) is 5.95 Å². The second kappa shape index (κ2) is 8.49. The van der Waals surface area contributed by atoms with Crippen molar-refractivity contribution in [2.45, 2.75) is 77.2 Å². The van der Waals surface area contributed by atoms with Crippen molar-refractivity contribution in [3.05, 3.63) is 12.0 Å². The third kappa shape index (κ3) is 6.04. The van der Waals surface area contributed by atoms with Crippen molar-refractivity contribution >= 4 is 0 Å². The molecule has 0 spiro atoms. The van der Waals surface area contributed by atoms with E-state index in [1.165, 1.54) is 38.5 Å². The molecule has 0 amide bonds. The van der Waals surface area contributed by atoms with E-state index in [1.807, 2.05) is 6.08 Å². The van der Waals surface area contributed by atoms with E-state index in [4.69, 9.17) is 4.74 Å². The fourth-order valence-electron chi connectivity index (χ4n) is 2.20. The van der Waals surface area contributed by atoms with Crippen LogP contribution in [-0.2, 0) is 4.74 Å². The Kier molecular flexibility index (Phi) is 7.11. The zero-order chi connectivity index (χ0) is 11.6. The van der Waals surface area contributed by atoms with Gasteiger partial charge in [-0.25, -0.2) is 0 Å². The molecule has 2 nitrogen and oxygen atoms in total. The maximum atomic E-state index is 9.60. The number of ether oxygens (including phenoxy) is 1. The molecule has 1 N–H and O–H groups in total. The molecule has 0 heterocycles. The highest BCUT2D eigenvalue weighted by atomic mass is 16.6. The van der Waals surface area contributed by atoms with Crippen LogP contribution in [0.3, 0.4) is 0 Å². The van der Waals surface area contributed by atoms with Crippen LogP contribution in [0.15, 0.2) is 12.0 Å². The van der Waals surface area contributed by atoms with Crippen molar-refractivity contribution < 1.29 is 9.84 Å². The summed E-state index contributed by atoms with van der Waals surface area (Å²) < 4.78 is 5.51. The SMILES string of the molecule is CCCCCCC=C(O)OC1CCCCC1. The molecule has 1 fully saturated rings. The quantitative estimate of drug-likeness (QED) is 0.503. The standard InChI is InChI=1S/C14H26O2/c1-2-3-4-5-9-12-14(15)16-13-10-7-6-8-11-13/h12-13,15H,2-11H2,1H3. The minimum atomic E-state index is 0.156. The Hall–Kier alpha value is -0.660. The van der Waals surface area contributed by atoms with Gasteiger partial charge in [-0.1, -0.05) is 32.6 Å². The summed E-state index contributed by atoms with van der Waals surface area (Å²) in [5.74, 6) is 0.156. The summed E-state index contributed by atoms with van der Waals surface area (Å²) in [4.78, 5) is 0. The van der Waals surface area contributed by atoms with Crippen molar-refractivity contribution in [1.29, 1.82) is 0 Å². The van der Waals surface area contributed by atoms with Gasteiger partial charge in [0.15, 0.2) is 0 Å². The third-order valence-electron chi connectivity index (χ3n) is 3.22. The molecular formula is C14H26O2. The van der Waals surface area contributed by atoms with Crippen LogP contribution < -0.4 is 0 Å². The predicted octanol–water partition coefficient (Wildman–Crippen LogP) is 4.71. The van der Waals surface area contributed by atoms with E-state index in [0.717, 1.165) is 25.7 Å². The molecule has 2 heteroatoms. The van der Waals surface area contributed by atoms with Gasteiger partial charge in [0, 0.05) is 0 Å². The molecule has 16 heavy (non-hydrogen) atoms. The Labute approximate surface area is 99.7 Å². The van der Waals surface area contributed by atoms with E-state index in [2.05, 4.69) is 6.92 Å². The van der Waals surface area contributed by atoms with Crippen LogP contribution in [0.4, 0.5) is 0 Å². The van der Waals surface area contributed by atoms with E-state index in [0.29, 0.717) is 0 Å². The molecular weight excluding hydrogens is 200 g/mol. The largest absolute Gasteiger partial charge is 0.481 e. The molecule has 1 aliphatic rings. The Bertz CT molecular complexity index is 193. The van der Waals surface area contributed by atoms with Gasteiger partial charge in [-0.15, -0.1) is 0 Å². The summed E-state index contributed by atoms with van der Waals surface area (Å²) in [6.45, 7) is 2.21. The highest BCUT2D eigenvalue weighted by molar-refractivity contribution is 4.83. The topological polar surface area (TPSA) is 29.5 Å². The zero-order valence-corrected chi connectivity index (χ0v) is 10.6. The van der Waals surface area contributed by atoms with Gasteiger partial charge in [-0.3, -0.25) is 0 Å². The highest BCUT2D eigenvalue weighted by Gasteiger charge is 2.15. The number of unbranched alkanes of at least 4 members (excludes halogenated alkanes) is 4. The minimum absolute atomic E-state index is 0.156. The van der Waals surface area contributed by atoms with Gasteiger partial charge < -0.3 is 9.84 Å². The molecule has 0 saturated heterocycles. The number of aliphatic hydroxyl groups is 1. The molecule has 0 aromatic carbocycles. The summed E-state index contributed by atoms with van der Waals surface area (Å²) in [5.41, 5.74) is 0. The van der Waals surface area contributed by atoms with Crippen LogP contribution in [0.25, 0.3) is 0 Å². The van der Waals surface area contributed by atoms with Gasteiger partial charge >= 0.3 is 0 Å². The van der Waals surface area contributed by atoms with Crippen molar-refractivity contribution in [3.8, 4) is 0 Å². The summed E-state index contributed by atoms with van der Waals surface area (Å²) in [6, 6.07) is 0. The molecule has 0 radical (unpaired) electrons. The van der Waals surface area contributed by atoms with Crippen molar-refractivity contribution in [1.82, 2.24) is 0 Å². The van der Waals surface area contributed by atoms with Gasteiger partial charge in [-0.05, 0) is 44.6 Å². The first-order valence-corrected chi connectivity index (χ1v) is 6.88. The molecule has 0 aromatic rings. The average Bonchev–Trinajstić information content (AvgIpc) is 2.30. The molecule has 1 aliphatic carbocycles. The van der Waals surface area contributed by atoms with Crippen LogP contribution in [0.1, 0.15) is 71.1 Å². The maximum absolute atomic E-state index is 9.60. The highest BCUT2D eigenvalue weighted by Crippen LogP contribution is 2.22. The van der Waals surface area contributed by atoms with Crippen molar-refractivity contribution in [3.63, 3.8) is 0 Å². The molecule has 1 saturated carbocycles. The Morgan fingerprint density at radius 1 is 1.19 bits per heavy atom.